The zero-order valence-corrected chi connectivity index (χ0v) is 16.6. The van der Waals surface area contributed by atoms with Crippen molar-refractivity contribution in [2.75, 3.05) is 18.5 Å². The highest BCUT2D eigenvalue weighted by Gasteiger charge is 2.12. The van der Waals surface area contributed by atoms with Crippen molar-refractivity contribution in [1.82, 2.24) is 4.98 Å². The number of carbonyl (C=O) groups excluding carboxylic acids is 1. The van der Waals surface area contributed by atoms with Gasteiger partial charge in [-0.3, -0.25) is 9.78 Å². The van der Waals surface area contributed by atoms with Crippen LogP contribution in [0.3, 0.4) is 0 Å². The van der Waals surface area contributed by atoms with Crippen LogP contribution >= 0.6 is 0 Å². The number of hydrogen-bond donors (Lipinski definition) is 1. The maximum absolute atomic E-state index is 12.8. The molecule has 0 fully saturated rings. The molecule has 6 nitrogen and oxygen atoms in total. The molecule has 2 aromatic carbocycles. The van der Waals surface area contributed by atoms with Gasteiger partial charge in [0.25, 0.3) is 5.91 Å². The van der Waals surface area contributed by atoms with Gasteiger partial charge in [0, 0.05) is 29.6 Å². The highest BCUT2D eigenvalue weighted by molar-refractivity contribution is 6.05. The number of amides is 1. The summed E-state index contributed by atoms with van der Waals surface area (Å²) in [7, 11) is 0. The smallest absolute Gasteiger partial charge is 0.255 e. The van der Waals surface area contributed by atoms with Gasteiger partial charge < -0.3 is 19.5 Å². The number of aromatic nitrogens is 1. The summed E-state index contributed by atoms with van der Waals surface area (Å²) in [6, 6.07) is 16.2. The van der Waals surface area contributed by atoms with Crippen LogP contribution in [0.2, 0.25) is 0 Å². The second-order valence-corrected chi connectivity index (χ2v) is 6.16. The number of hydrogen-bond acceptors (Lipinski definition) is 5. The van der Waals surface area contributed by atoms with E-state index >= 15 is 0 Å². The molecule has 3 rings (SSSR count). The fraction of sp³-hybridized carbons (Fsp3) is 0.217. The zero-order valence-electron chi connectivity index (χ0n) is 16.6. The van der Waals surface area contributed by atoms with Gasteiger partial charge in [-0.2, -0.15) is 0 Å². The van der Waals surface area contributed by atoms with E-state index in [1.807, 2.05) is 38.1 Å². The maximum Gasteiger partial charge on any atom is 0.255 e. The third-order valence-corrected chi connectivity index (χ3v) is 4.03. The third-order valence-electron chi connectivity index (χ3n) is 4.03. The summed E-state index contributed by atoms with van der Waals surface area (Å²) in [5.41, 5.74) is 2.00. The van der Waals surface area contributed by atoms with Crippen LogP contribution in [0.25, 0.3) is 0 Å². The Hall–Kier alpha value is -3.54. The van der Waals surface area contributed by atoms with Gasteiger partial charge >= 0.3 is 0 Å². The summed E-state index contributed by atoms with van der Waals surface area (Å²) in [6.07, 6.45) is 3.46. The second-order valence-electron chi connectivity index (χ2n) is 6.16. The first-order chi connectivity index (χ1) is 14.2. The predicted molar refractivity (Wildman–Crippen MR) is 112 cm³/mol. The average Bonchev–Trinajstić information content (AvgIpc) is 2.75. The molecule has 0 saturated carbocycles. The molecule has 29 heavy (non-hydrogen) atoms. The summed E-state index contributed by atoms with van der Waals surface area (Å²) in [6.45, 7) is 5.22. The number of rotatable bonds is 9. The Labute approximate surface area is 170 Å². The normalized spacial score (nSPS) is 10.3. The Morgan fingerprint density at radius 1 is 0.931 bits per heavy atom. The van der Waals surface area contributed by atoms with Crippen LogP contribution < -0.4 is 19.5 Å². The Morgan fingerprint density at radius 3 is 2.52 bits per heavy atom. The molecule has 0 aliphatic heterocycles. The van der Waals surface area contributed by atoms with Gasteiger partial charge in [-0.15, -0.1) is 0 Å². The summed E-state index contributed by atoms with van der Waals surface area (Å²) >= 11 is 0. The van der Waals surface area contributed by atoms with E-state index in [1.165, 1.54) is 0 Å². The Balaban J connectivity index is 1.72. The SMILES string of the molecule is CCOc1ccc(OCC)c(NC(=O)c2cccc(OCc3cccnc3)c2)c1. The molecule has 0 aliphatic carbocycles. The van der Waals surface area contributed by atoms with Gasteiger partial charge in [0.15, 0.2) is 0 Å². The topological polar surface area (TPSA) is 69.7 Å². The fourth-order valence-electron chi connectivity index (χ4n) is 2.72. The fourth-order valence-corrected chi connectivity index (χ4v) is 2.72. The Morgan fingerprint density at radius 2 is 1.76 bits per heavy atom. The quantitative estimate of drug-likeness (QED) is 0.571. The lowest BCUT2D eigenvalue weighted by atomic mass is 10.2. The Kier molecular flexibility index (Phi) is 7.05. The lowest BCUT2D eigenvalue weighted by Crippen LogP contribution is -2.13. The first-order valence-corrected chi connectivity index (χ1v) is 9.52. The van der Waals surface area contributed by atoms with E-state index in [2.05, 4.69) is 10.3 Å². The lowest BCUT2D eigenvalue weighted by Gasteiger charge is -2.14. The van der Waals surface area contributed by atoms with Crippen LogP contribution in [-0.2, 0) is 6.61 Å². The van der Waals surface area contributed by atoms with E-state index in [0.717, 1.165) is 5.56 Å². The minimum Gasteiger partial charge on any atom is -0.494 e. The van der Waals surface area contributed by atoms with Crippen molar-refractivity contribution in [3.8, 4) is 17.2 Å². The molecule has 0 spiro atoms. The largest absolute Gasteiger partial charge is 0.494 e. The number of pyridine rings is 1. The highest BCUT2D eigenvalue weighted by atomic mass is 16.5. The van der Waals surface area contributed by atoms with Crippen LogP contribution in [-0.4, -0.2) is 24.1 Å². The molecule has 0 radical (unpaired) electrons. The number of ether oxygens (including phenoxy) is 3. The van der Waals surface area contributed by atoms with Gasteiger partial charge in [0.05, 0.1) is 18.9 Å². The van der Waals surface area contributed by atoms with E-state index in [4.69, 9.17) is 14.2 Å². The van der Waals surface area contributed by atoms with Gasteiger partial charge in [-0.1, -0.05) is 12.1 Å². The van der Waals surface area contributed by atoms with Crippen LogP contribution in [0.5, 0.6) is 17.2 Å². The lowest BCUT2D eigenvalue weighted by molar-refractivity contribution is 0.102. The van der Waals surface area contributed by atoms with Crippen LogP contribution in [0.1, 0.15) is 29.8 Å². The van der Waals surface area contributed by atoms with Crippen molar-refractivity contribution in [3.63, 3.8) is 0 Å². The standard InChI is InChI=1S/C23H24N2O4/c1-3-27-20-10-11-22(28-4-2)21(14-20)25-23(26)18-8-5-9-19(13-18)29-16-17-7-6-12-24-15-17/h5-15H,3-4,16H2,1-2H3,(H,25,26). The molecule has 0 atom stereocenters. The third kappa shape index (κ3) is 5.72. The van der Waals surface area contributed by atoms with Gasteiger partial charge in [-0.05, 0) is 50.2 Å². The van der Waals surface area contributed by atoms with Crippen molar-refractivity contribution in [2.45, 2.75) is 20.5 Å². The minimum atomic E-state index is -0.258. The number of carbonyl (C=O) groups is 1. The summed E-state index contributed by atoms with van der Waals surface area (Å²) < 4.78 is 16.9. The first kappa shape index (κ1) is 20.2. The van der Waals surface area contributed by atoms with E-state index < -0.39 is 0 Å². The number of anilines is 1. The molecule has 6 heteroatoms. The number of benzene rings is 2. The molecule has 3 aromatic rings. The molecular weight excluding hydrogens is 368 g/mol. The van der Waals surface area contributed by atoms with E-state index in [9.17, 15) is 4.79 Å². The molecule has 0 aliphatic rings. The summed E-state index contributed by atoms with van der Waals surface area (Å²) in [4.78, 5) is 16.9. The Bertz CT molecular complexity index is 945. The van der Waals surface area contributed by atoms with Crippen molar-refractivity contribution < 1.29 is 19.0 Å². The summed E-state index contributed by atoms with van der Waals surface area (Å²) in [5.74, 6) is 1.61. The molecule has 0 unspecified atom stereocenters. The van der Waals surface area contributed by atoms with E-state index in [0.29, 0.717) is 48.3 Å². The highest BCUT2D eigenvalue weighted by Crippen LogP contribution is 2.30. The zero-order chi connectivity index (χ0) is 20.5. The first-order valence-electron chi connectivity index (χ1n) is 9.52. The molecule has 1 amide bonds. The maximum atomic E-state index is 12.8. The molecule has 1 N–H and O–H groups in total. The van der Waals surface area contributed by atoms with Crippen molar-refractivity contribution in [1.29, 1.82) is 0 Å². The second kappa shape index (κ2) is 10.1. The van der Waals surface area contributed by atoms with E-state index in [-0.39, 0.29) is 5.91 Å². The van der Waals surface area contributed by atoms with Crippen LogP contribution in [0.4, 0.5) is 5.69 Å². The molecular formula is C23H24N2O4. The van der Waals surface area contributed by atoms with Crippen molar-refractivity contribution in [3.05, 3.63) is 78.1 Å². The van der Waals surface area contributed by atoms with E-state index in [1.54, 1.807) is 42.7 Å². The van der Waals surface area contributed by atoms with Crippen LogP contribution in [0, 0.1) is 0 Å². The van der Waals surface area contributed by atoms with Gasteiger partial charge in [0.1, 0.15) is 23.9 Å². The number of nitrogens with one attached hydrogen (secondary N) is 1. The van der Waals surface area contributed by atoms with Gasteiger partial charge in [0.2, 0.25) is 0 Å². The predicted octanol–water partition coefficient (Wildman–Crippen LogP) is 4.71. The molecule has 150 valence electrons. The molecule has 0 saturated heterocycles. The number of nitrogens with zero attached hydrogens (tertiary/aromatic N) is 1. The molecule has 0 bridgehead atoms. The average molecular weight is 392 g/mol. The summed E-state index contributed by atoms with van der Waals surface area (Å²) in [5, 5.41) is 2.90. The van der Waals surface area contributed by atoms with Crippen molar-refractivity contribution >= 4 is 11.6 Å². The molecule has 1 aromatic heterocycles. The molecule has 1 heterocycles. The van der Waals surface area contributed by atoms with Gasteiger partial charge in [-0.25, -0.2) is 0 Å². The minimum absolute atomic E-state index is 0.258. The monoisotopic (exact) mass is 392 g/mol. The van der Waals surface area contributed by atoms with Crippen molar-refractivity contribution in [2.24, 2.45) is 0 Å². The van der Waals surface area contributed by atoms with Crippen LogP contribution in [0.15, 0.2) is 67.0 Å².